The lowest BCUT2D eigenvalue weighted by Gasteiger charge is -2.24. The van der Waals surface area contributed by atoms with Crippen LogP contribution in [0, 0.1) is 0 Å². The highest BCUT2D eigenvalue weighted by molar-refractivity contribution is 5.77. The molecule has 6 nitrogen and oxygen atoms in total. The Labute approximate surface area is 415 Å². The first kappa shape index (κ1) is 64.3. The molecule has 388 valence electrons. The Kier molecular flexibility index (Phi) is 52.1. The van der Waals surface area contributed by atoms with Gasteiger partial charge in [-0.3, -0.25) is 9.59 Å². The molecular formula is C61H109NO5. The van der Waals surface area contributed by atoms with Gasteiger partial charge in [0, 0.05) is 6.42 Å². The number of rotatable bonds is 51. The zero-order valence-electron chi connectivity index (χ0n) is 44.3. The molecular weight excluding hydrogens is 827 g/mol. The van der Waals surface area contributed by atoms with Crippen LogP contribution in [0.25, 0.3) is 0 Å². The Morgan fingerprint density at radius 2 is 0.836 bits per heavy atom. The van der Waals surface area contributed by atoms with Gasteiger partial charge in [-0.15, -0.1) is 0 Å². The van der Waals surface area contributed by atoms with E-state index in [0.717, 1.165) is 64.2 Å². The fourth-order valence-corrected chi connectivity index (χ4v) is 8.57. The van der Waals surface area contributed by atoms with E-state index in [2.05, 4.69) is 50.4 Å². The molecule has 67 heavy (non-hydrogen) atoms. The monoisotopic (exact) mass is 936 g/mol. The maximum absolute atomic E-state index is 13.2. The Morgan fingerprint density at radius 3 is 1.28 bits per heavy atom. The number of ether oxygens (including phenoxy) is 1. The number of amides is 1. The van der Waals surface area contributed by atoms with Crippen molar-refractivity contribution in [2.75, 3.05) is 6.61 Å². The molecule has 0 spiro atoms. The molecule has 0 heterocycles. The van der Waals surface area contributed by atoms with Crippen molar-refractivity contribution in [1.29, 1.82) is 0 Å². The summed E-state index contributed by atoms with van der Waals surface area (Å²) in [6.45, 7) is 6.34. The van der Waals surface area contributed by atoms with Gasteiger partial charge < -0.3 is 20.3 Å². The van der Waals surface area contributed by atoms with Crippen LogP contribution in [-0.4, -0.2) is 46.9 Å². The van der Waals surface area contributed by atoms with Crippen LogP contribution in [0.5, 0.6) is 0 Å². The van der Waals surface area contributed by atoms with Crippen molar-refractivity contribution >= 4 is 11.9 Å². The van der Waals surface area contributed by atoms with Gasteiger partial charge in [-0.1, -0.05) is 273 Å². The van der Waals surface area contributed by atoms with Crippen molar-refractivity contribution in [3.8, 4) is 0 Å². The molecule has 1 amide bonds. The van der Waals surface area contributed by atoms with Crippen molar-refractivity contribution in [2.24, 2.45) is 0 Å². The lowest BCUT2D eigenvalue weighted by atomic mass is 10.0. The SMILES string of the molecule is CC/C=C/C=C/C=C\C=C/C=C/CCCC(CC(=O)NC(CO)C(O)CCCCCCCCCCCCCCCCCCC)OC(=O)CCCCCCC/C=C/CCCCCCCCCCC. The molecule has 0 radical (unpaired) electrons. The van der Waals surface area contributed by atoms with Gasteiger partial charge in [0.15, 0.2) is 0 Å². The van der Waals surface area contributed by atoms with E-state index >= 15 is 0 Å². The summed E-state index contributed by atoms with van der Waals surface area (Å²) in [6, 6.07) is -0.729. The van der Waals surface area contributed by atoms with Gasteiger partial charge >= 0.3 is 5.97 Å². The van der Waals surface area contributed by atoms with Crippen molar-refractivity contribution < 1.29 is 24.5 Å². The van der Waals surface area contributed by atoms with Crippen molar-refractivity contribution in [2.45, 2.75) is 296 Å². The highest BCUT2D eigenvalue weighted by atomic mass is 16.5. The van der Waals surface area contributed by atoms with Crippen molar-refractivity contribution in [1.82, 2.24) is 5.32 Å². The molecule has 0 fully saturated rings. The minimum Gasteiger partial charge on any atom is -0.462 e. The second-order valence-electron chi connectivity index (χ2n) is 19.4. The predicted octanol–water partition coefficient (Wildman–Crippen LogP) is 17.7. The van der Waals surface area contributed by atoms with E-state index in [1.807, 2.05) is 48.6 Å². The van der Waals surface area contributed by atoms with Crippen LogP contribution in [0.15, 0.2) is 72.9 Å². The molecule has 0 rings (SSSR count). The van der Waals surface area contributed by atoms with Gasteiger partial charge in [-0.2, -0.15) is 0 Å². The summed E-state index contributed by atoms with van der Waals surface area (Å²) in [6.07, 6.45) is 69.8. The van der Waals surface area contributed by atoms with E-state index < -0.39 is 18.2 Å². The minimum atomic E-state index is -0.811. The van der Waals surface area contributed by atoms with Crippen LogP contribution in [-0.2, 0) is 14.3 Å². The fraction of sp³-hybridized carbons (Fsp3) is 0.770. The van der Waals surface area contributed by atoms with E-state index in [0.29, 0.717) is 19.3 Å². The molecule has 6 heteroatoms. The molecule has 0 aromatic heterocycles. The summed E-state index contributed by atoms with van der Waals surface area (Å²) < 4.78 is 5.91. The highest BCUT2D eigenvalue weighted by Crippen LogP contribution is 2.18. The van der Waals surface area contributed by atoms with Crippen molar-refractivity contribution in [3.05, 3.63) is 72.9 Å². The molecule has 3 N–H and O–H groups in total. The summed E-state index contributed by atoms with van der Waals surface area (Å²) in [5.41, 5.74) is 0. The quantitative estimate of drug-likeness (QED) is 0.0244. The Hall–Kier alpha value is -2.70. The van der Waals surface area contributed by atoms with Gasteiger partial charge in [-0.05, 0) is 64.2 Å². The molecule has 0 bridgehead atoms. The van der Waals surface area contributed by atoms with E-state index in [1.165, 1.54) is 167 Å². The van der Waals surface area contributed by atoms with Gasteiger partial charge in [0.2, 0.25) is 5.91 Å². The molecule has 0 aromatic rings. The third kappa shape index (κ3) is 49.5. The first-order valence-corrected chi connectivity index (χ1v) is 28.7. The van der Waals surface area contributed by atoms with Gasteiger partial charge in [-0.25, -0.2) is 0 Å². The number of allylic oxidation sites excluding steroid dienone is 12. The summed E-state index contributed by atoms with van der Waals surface area (Å²) in [7, 11) is 0. The number of hydrogen-bond donors (Lipinski definition) is 3. The number of unbranched alkanes of at least 4 members (excludes halogenated alkanes) is 31. The number of aliphatic hydroxyl groups excluding tert-OH is 2. The summed E-state index contributed by atoms with van der Waals surface area (Å²) in [4.78, 5) is 26.2. The van der Waals surface area contributed by atoms with Crippen LogP contribution in [0.1, 0.15) is 278 Å². The average Bonchev–Trinajstić information content (AvgIpc) is 3.32. The largest absolute Gasteiger partial charge is 0.462 e. The Morgan fingerprint density at radius 1 is 0.448 bits per heavy atom. The second-order valence-corrected chi connectivity index (χ2v) is 19.4. The molecule has 3 atom stereocenters. The standard InChI is InChI=1S/C61H109NO5/c1-4-7-10-13-16-19-22-25-27-29-31-33-36-39-42-45-48-51-54-61(66)67-57(52-49-46-43-40-37-34-24-21-18-15-12-9-6-3)55-60(65)62-58(56-63)59(64)53-50-47-44-41-38-35-32-30-28-26-23-20-17-14-11-8-5-2/h9,12,15,18,21,24,31,33-34,37,40,43,57-59,63-64H,4-8,10-11,13-14,16-17,19-20,22-23,25-30,32,35-36,38-39,41-42,44-56H2,1-3H3,(H,62,65)/b12-9+,18-15+,24-21-,33-31+,37-34-,43-40+. The first-order chi connectivity index (χ1) is 33.0. The zero-order valence-corrected chi connectivity index (χ0v) is 44.3. The Balaban J connectivity index is 4.58. The molecule has 0 aliphatic rings. The predicted molar refractivity (Wildman–Crippen MR) is 291 cm³/mol. The number of carbonyl (C=O) groups is 2. The maximum atomic E-state index is 13.2. The van der Waals surface area contributed by atoms with E-state index in [4.69, 9.17) is 4.74 Å². The van der Waals surface area contributed by atoms with Crippen LogP contribution in [0.4, 0.5) is 0 Å². The minimum absolute atomic E-state index is 0.0239. The van der Waals surface area contributed by atoms with E-state index in [1.54, 1.807) is 0 Å². The lowest BCUT2D eigenvalue weighted by molar-refractivity contribution is -0.151. The summed E-state index contributed by atoms with van der Waals surface area (Å²) in [5, 5.41) is 23.8. The van der Waals surface area contributed by atoms with Gasteiger partial charge in [0.05, 0.1) is 25.2 Å². The van der Waals surface area contributed by atoms with Gasteiger partial charge in [0.25, 0.3) is 0 Å². The molecule has 0 saturated carbocycles. The summed E-state index contributed by atoms with van der Waals surface area (Å²) in [5.74, 6) is -0.552. The zero-order chi connectivity index (χ0) is 48.8. The first-order valence-electron chi connectivity index (χ1n) is 28.7. The Bertz CT molecular complexity index is 1230. The maximum Gasteiger partial charge on any atom is 0.306 e. The molecule has 0 aliphatic heterocycles. The number of hydrogen-bond acceptors (Lipinski definition) is 5. The molecule has 0 saturated heterocycles. The normalized spacial score (nSPS) is 13.7. The average molecular weight is 937 g/mol. The number of carbonyl (C=O) groups excluding carboxylic acids is 2. The lowest BCUT2D eigenvalue weighted by Crippen LogP contribution is -2.46. The third-order valence-electron chi connectivity index (χ3n) is 12.9. The van der Waals surface area contributed by atoms with Crippen molar-refractivity contribution in [3.63, 3.8) is 0 Å². The van der Waals surface area contributed by atoms with Crippen LogP contribution < -0.4 is 5.32 Å². The molecule has 0 aliphatic carbocycles. The van der Waals surface area contributed by atoms with Crippen LogP contribution in [0.3, 0.4) is 0 Å². The molecule has 3 unspecified atom stereocenters. The van der Waals surface area contributed by atoms with E-state index in [-0.39, 0.29) is 24.9 Å². The second kappa shape index (κ2) is 54.2. The third-order valence-corrected chi connectivity index (χ3v) is 12.9. The van der Waals surface area contributed by atoms with Crippen LogP contribution in [0.2, 0.25) is 0 Å². The topological polar surface area (TPSA) is 95.9 Å². The fourth-order valence-electron chi connectivity index (χ4n) is 8.57. The van der Waals surface area contributed by atoms with Gasteiger partial charge in [0.1, 0.15) is 6.10 Å². The number of nitrogens with one attached hydrogen (secondary N) is 1. The number of aliphatic hydroxyl groups is 2. The van der Waals surface area contributed by atoms with Crippen LogP contribution >= 0.6 is 0 Å². The smallest absolute Gasteiger partial charge is 0.306 e. The highest BCUT2D eigenvalue weighted by Gasteiger charge is 2.24. The van der Waals surface area contributed by atoms with E-state index in [9.17, 15) is 19.8 Å². The summed E-state index contributed by atoms with van der Waals surface area (Å²) >= 11 is 0. The number of esters is 1. The molecule has 0 aromatic carbocycles.